The molecule has 3 nitrogen and oxygen atoms in total. The molecule has 0 bridgehead atoms. The van der Waals surface area contributed by atoms with Crippen LogP contribution in [0.25, 0.3) is 0 Å². The van der Waals surface area contributed by atoms with Gasteiger partial charge in [0.05, 0.1) is 11.9 Å². The van der Waals surface area contributed by atoms with Crippen LogP contribution in [0.5, 0.6) is 0 Å². The molecule has 5 aliphatic rings. The number of allylic oxidation sites excluding steroid dienone is 1. The number of rotatable bonds is 0. The molecule has 1 heterocycles. The van der Waals surface area contributed by atoms with Gasteiger partial charge in [-0.15, -0.1) is 0 Å². The van der Waals surface area contributed by atoms with Gasteiger partial charge < -0.3 is 9.84 Å². The lowest BCUT2D eigenvalue weighted by Crippen LogP contribution is -2.56. The predicted molar refractivity (Wildman–Crippen MR) is 100 cm³/mol. The second-order valence-electron chi connectivity index (χ2n) is 10.2. The van der Waals surface area contributed by atoms with Crippen LogP contribution in [0.2, 0.25) is 0 Å². The molecule has 7 atom stereocenters. The maximum atomic E-state index is 12.0. The highest BCUT2D eigenvalue weighted by molar-refractivity contribution is 5.91. The average Bonchev–Trinajstić information content (AvgIpc) is 3.11. The van der Waals surface area contributed by atoms with E-state index in [1.807, 2.05) is 0 Å². The lowest BCUT2D eigenvalue weighted by molar-refractivity contribution is -0.135. The van der Waals surface area contributed by atoms with Crippen molar-refractivity contribution in [3.05, 3.63) is 24.0 Å². The summed E-state index contributed by atoms with van der Waals surface area (Å²) in [5.74, 6) is 2.95. The van der Waals surface area contributed by atoms with E-state index in [4.69, 9.17) is 4.74 Å². The Hall–Kier alpha value is -1.09. The number of fused-ring (bicyclic) bond motifs is 6. The van der Waals surface area contributed by atoms with Crippen LogP contribution in [0.3, 0.4) is 0 Å². The van der Waals surface area contributed by atoms with Gasteiger partial charge in [0.1, 0.15) is 5.60 Å². The SMILES string of the molecule is C=C1CC[C@@]2(CCC3C4C[C@@H](O)C5=CC(=O)CC[C@]5(C)C4CC[C@@]32C)O1. The molecule has 0 aromatic rings. The second kappa shape index (κ2) is 5.25. The third kappa shape index (κ3) is 1.96. The van der Waals surface area contributed by atoms with Gasteiger partial charge in [-0.3, -0.25) is 4.79 Å². The second-order valence-corrected chi connectivity index (χ2v) is 10.2. The van der Waals surface area contributed by atoms with Gasteiger partial charge in [0, 0.05) is 18.3 Å². The highest BCUT2D eigenvalue weighted by Gasteiger charge is 2.67. The summed E-state index contributed by atoms with van der Waals surface area (Å²) in [7, 11) is 0. The highest BCUT2D eigenvalue weighted by Crippen LogP contribution is 2.70. The molecule has 142 valence electrons. The number of hydrogen-bond acceptors (Lipinski definition) is 3. The van der Waals surface area contributed by atoms with Gasteiger partial charge in [-0.05, 0) is 79.8 Å². The Kier molecular flexibility index (Phi) is 3.44. The van der Waals surface area contributed by atoms with E-state index < -0.39 is 6.10 Å². The van der Waals surface area contributed by atoms with Crippen LogP contribution in [-0.4, -0.2) is 22.6 Å². The predicted octanol–water partition coefficient (Wildman–Crippen LogP) is 4.55. The van der Waals surface area contributed by atoms with E-state index >= 15 is 0 Å². The molecular formula is C23H32O3. The summed E-state index contributed by atoms with van der Waals surface area (Å²) in [6.45, 7) is 8.89. The van der Waals surface area contributed by atoms with E-state index in [-0.39, 0.29) is 22.2 Å². The van der Waals surface area contributed by atoms with Gasteiger partial charge in [-0.2, -0.15) is 0 Å². The molecule has 0 radical (unpaired) electrons. The Morgan fingerprint density at radius 3 is 2.62 bits per heavy atom. The van der Waals surface area contributed by atoms with Crippen molar-refractivity contribution in [3.63, 3.8) is 0 Å². The smallest absolute Gasteiger partial charge is 0.155 e. The minimum atomic E-state index is -0.441. The average molecular weight is 357 g/mol. The van der Waals surface area contributed by atoms with Crippen molar-refractivity contribution in [2.45, 2.75) is 83.3 Å². The Balaban J connectivity index is 1.52. The summed E-state index contributed by atoms with van der Waals surface area (Å²) in [4.78, 5) is 12.0. The van der Waals surface area contributed by atoms with Gasteiger partial charge in [-0.25, -0.2) is 0 Å². The van der Waals surface area contributed by atoms with Crippen molar-refractivity contribution in [1.29, 1.82) is 0 Å². The molecule has 4 aliphatic carbocycles. The number of hydrogen-bond donors (Lipinski definition) is 1. The third-order valence-electron chi connectivity index (χ3n) is 9.41. The number of ketones is 1. The van der Waals surface area contributed by atoms with Crippen LogP contribution in [0.1, 0.15) is 71.6 Å². The van der Waals surface area contributed by atoms with Crippen LogP contribution in [0.15, 0.2) is 24.0 Å². The van der Waals surface area contributed by atoms with Gasteiger partial charge in [0.2, 0.25) is 0 Å². The summed E-state index contributed by atoms with van der Waals surface area (Å²) < 4.78 is 6.42. The fourth-order valence-electron chi connectivity index (χ4n) is 8.00. The Bertz CT molecular complexity index is 708. The first-order valence-corrected chi connectivity index (χ1v) is 10.6. The van der Waals surface area contributed by atoms with Crippen LogP contribution >= 0.6 is 0 Å². The Labute approximate surface area is 156 Å². The fourth-order valence-corrected chi connectivity index (χ4v) is 8.00. The molecule has 4 fully saturated rings. The molecule has 3 heteroatoms. The van der Waals surface area contributed by atoms with Crippen LogP contribution < -0.4 is 0 Å². The van der Waals surface area contributed by atoms with Gasteiger partial charge in [-0.1, -0.05) is 20.4 Å². The van der Waals surface area contributed by atoms with Crippen LogP contribution in [-0.2, 0) is 9.53 Å². The zero-order chi connectivity index (χ0) is 18.3. The largest absolute Gasteiger partial charge is 0.492 e. The maximum absolute atomic E-state index is 12.0. The van der Waals surface area contributed by atoms with Gasteiger partial charge in [0.15, 0.2) is 5.78 Å². The quantitative estimate of drug-likeness (QED) is 0.692. The summed E-state index contributed by atoms with van der Waals surface area (Å²) in [6, 6.07) is 0. The van der Waals surface area contributed by atoms with E-state index in [1.165, 1.54) is 19.3 Å². The summed E-state index contributed by atoms with van der Waals surface area (Å²) in [5.41, 5.74) is 1.24. The first-order chi connectivity index (χ1) is 12.3. The first-order valence-electron chi connectivity index (χ1n) is 10.6. The lowest BCUT2D eigenvalue weighted by atomic mass is 9.46. The highest BCUT2D eigenvalue weighted by atomic mass is 16.5. The monoisotopic (exact) mass is 356 g/mol. The summed E-state index contributed by atoms with van der Waals surface area (Å²) >= 11 is 0. The molecule has 3 saturated carbocycles. The molecule has 0 amide bonds. The minimum Gasteiger partial charge on any atom is -0.492 e. The zero-order valence-electron chi connectivity index (χ0n) is 16.2. The summed E-state index contributed by atoms with van der Waals surface area (Å²) in [5, 5.41) is 11.0. The third-order valence-corrected chi connectivity index (χ3v) is 9.41. The Morgan fingerprint density at radius 2 is 1.88 bits per heavy atom. The standard InChI is InChI=1S/C23H32O3/c1-14-4-10-23(26-14)11-7-18-16-13-20(25)19-12-15(24)5-8-21(19,2)17(16)6-9-22(18,23)3/h12,16-18,20,25H,1,4-11,13H2,2-3H3/t16?,17?,18?,20-,21-,22+,23+/m1/s1. The summed E-state index contributed by atoms with van der Waals surface area (Å²) in [6.07, 6.45) is 10.6. The van der Waals surface area contributed by atoms with Crippen molar-refractivity contribution in [3.8, 4) is 0 Å². The number of carbonyl (C=O) groups is 1. The maximum Gasteiger partial charge on any atom is 0.155 e. The zero-order valence-corrected chi connectivity index (χ0v) is 16.2. The van der Waals surface area contributed by atoms with E-state index in [0.29, 0.717) is 24.2 Å². The van der Waals surface area contributed by atoms with E-state index in [0.717, 1.165) is 43.4 Å². The Morgan fingerprint density at radius 1 is 1.12 bits per heavy atom. The molecule has 0 aromatic carbocycles. The lowest BCUT2D eigenvalue weighted by Gasteiger charge is -2.60. The van der Waals surface area contributed by atoms with Crippen LogP contribution in [0, 0.1) is 28.6 Å². The molecule has 3 unspecified atom stereocenters. The van der Waals surface area contributed by atoms with E-state index in [9.17, 15) is 9.90 Å². The minimum absolute atomic E-state index is 0.00740. The van der Waals surface area contributed by atoms with Crippen molar-refractivity contribution < 1.29 is 14.6 Å². The van der Waals surface area contributed by atoms with E-state index in [2.05, 4.69) is 20.4 Å². The molecule has 1 spiro atoms. The topological polar surface area (TPSA) is 46.5 Å². The molecule has 1 aliphatic heterocycles. The molecule has 26 heavy (non-hydrogen) atoms. The van der Waals surface area contributed by atoms with Crippen LogP contribution in [0.4, 0.5) is 0 Å². The molecule has 0 aromatic heterocycles. The normalized spacial score (nSPS) is 53.0. The molecule has 1 saturated heterocycles. The van der Waals surface area contributed by atoms with E-state index in [1.54, 1.807) is 6.08 Å². The van der Waals surface area contributed by atoms with Crippen molar-refractivity contribution in [2.24, 2.45) is 28.6 Å². The number of ether oxygens (including phenoxy) is 1. The fraction of sp³-hybridized carbons (Fsp3) is 0.783. The molecule has 5 rings (SSSR count). The number of carbonyl (C=O) groups excluding carboxylic acids is 1. The molecular weight excluding hydrogens is 324 g/mol. The van der Waals surface area contributed by atoms with Crippen molar-refractivity contribution in [1.82, 2.24) is 0 Å². The molecule has 1 N–H and O–H groups in total. The first kappa shape index (κ1) is 17.0. The number of aliphatic hydroxyl groups is 1. The number of aliphatic hydroxyl groups excluding tert-OH is 1. The van der Waals surface area contributed by atoms with Crippen molar-refractivity contribution >= 4 is 5.78 Å². The van der Waals surface area contributed by atoms with Gasteiger partial charge >= 0.3 is 0 Å². The van der Waals surface area contributed by atoms with Gasteiger partial charge in [0.25, 0.3) is 0 Å². The van der Waals surface area contributed by atoms with Crippen molar-refractivity contribution in [2.75, 3.05) is 0 Å².